The number of aromatic nitrogens is 4. The Morgan fingerprint density at radius 3 is 2.57 bits per heavy atom. The number of nitrogens with zero attached hydrogens (tertiary/aromatic N) is 4. The zero-order valence-electron chi connectivity index (χ0n) is 16.1. The maximum Gasteiger partial charge on any atom is 0.180 e. The number of fused-ring (bicyclic) bond motifs is 1. The van der Waals surface area contributed by atoms with Crippen molar-refractivity contribution >= 4 is 11.5 Å². The van der Waals surface area contributed by atoms with Crippen LogP contribution in [0, 0.1) is 0 Å². The lowest BCUT2D eigenvalue weighted by Gasteiger charge is -2.14. The van der Waals surface area contributed by atoms with Crippen molar-refractivity contribution in [1.82, 2.24) is 19.4 Å². The SMILES string of the molecule is c1ccc(Oc2ccccc2-c2cnc(NCc3cccnc3)c3nccn23)cc1. The molecule has 0 radical (unpaired) electrons. The highest BCUT2D eigenvalue weighted by Crippen LogP contribution is 2.34. The lowest BCUT2D eigenvalue weighted by molar-refractivity contribution is 0.484. The molecule has 0 aliphatic carbocycles. The molecule has 0 atom stereocenters. The largest absolute Gasteiger partial charge is 0.457 e. The van der Waals surface area contributed by atoms with E-state index in [0.29, 0.717) is 12.4 Å². The molecular weight excluding hydrogens is 374 g/mol. The predicted octanol–water partition coefficient (Wildman–Crippen LogP) is 5.20. The van der Waals surface area contributed by atoms with E-state index in [1.807, 2.05) is 89.7 Å². The molecule has 0 unspecified atom stereocenters. The van der Waals surface area contributed by atoms with E-state index in [1.165, 1.54) is 0 Å². The molecule has 0 saturated carbocycles. The van der Waals surface area contributed by atoms with E-state index in [0.717, 1.165) is 34.0 Å². The van der Waals surface area contributed by atoms with Crippen molar-refractivity contribution in [2.24, 2.45) is 0 Å². The minimum atomic E-state index is 0.621. The number of hydrogen-bond donors (Lipinski definition) is 1. The highest BCUT2D eigenvalue weighted by atomic mass is 16.5. The first-order valence-electron chi connectivity index (χ1n) is 9.65. The molecule has 0 aliphatic rings. The van der Waals surface area contributed by atoms with Crippen molar-refractivity contribution in [2.45, 2.75) is 6.54 Å². The summed E-state index contributed by atoms with van der Waals surface area (Å²) in [5.41, 5.74) is 3.68. The van der Waals surface area contributed by atoms with Gasteiger partial charge in [0.2, 0.25) is 0 Å². The van der Waals surface area contributed by atoms with E-state index in [-0.39, 0.29) is 0 Å². The molecule has 0 aliphatic heterocycles. The number of ether oxygens (including phenoxy) is 1. The van der Waals surface area contributed by atoms with Crippen molar-refractivity contribution in [3.05, 3.63) is 103 Å². The Kier molecular flexibility index (Phi) is 4.79. The molecule has 6 nitrogen and oxygen atoms in total. The Morgan fingerprint density at radius 1 is 0.833 bits per heavy atom. The normalized spacial score (nSPS) is 10.8. The first-order chi connectivity index (χ1) is 14.9. The van der Waals surface area contributed by atoms with Gasteiger partial charge in [0.15, 0.2) is 11.5 Å². The zero-order valence-corrected chi connectivity index (χ0v) is 16.1. The molecule has 1 N–H and O–H groups in total. The predicted molar refractivity (Wildman–Crippen MR) is 117 cm³/mol. The molecule has 146 valence electrons. The first kappa shape index (κ1) is 17.9. The maximum atomic E-state index is 6.14. The third kappa shape index (κ3) is 3.58. The Hall–Kier alpha value is -4.19. The third-order valence-electron chi connectivity index (χ3n) is 4.74. The number of imidazole rings is 1. The molecule has 0 spiro atoms. The second-order valence-electron chi connectivity index (χ2n) is 6.74. The summed E-state index contributed by atoms with van der Waals surface area (Å²) >= 11 is 0. The molecule has 5 rings (SSSR count). The summed E-state index contributed by atoms with van der Waals surface area (Å²) in [6.07, 6.45) is 9.14. The van der Waals surface area contributed by atoms with E-state index in [2.05, 4.69) is 20.3 Å². The van der Waals surface area contributed by atoms with Gasteiger partial charge in [0, 0.05) is 36.9 Å². The van der Waals surface area contributed by atoms with Crippen LogP contribution in [0.25, 0.3) is 16.9 Å². The molecule has 0 fully saturated rings. The highest BCUT2D eigenvalue weighted by molar-refractivity contribution is 5.74. The van der Waals surface area contributed by atoms with Crippen LogP contribution < -0.4 is 10.1 Å². The second-order valence-corrected chi connectivity index (χ2v) is 6.74. The number of para-hydroxylation sites is 2. The van der Waals surface area contributed by atoms with Gasteiger partial charge in [-0.2, -0.15) is 0 Å². The average Bonchev–Trinajstić information content (AvgIpc) is 3.30. The lowest BCUT2D eigenvalue weighted by Crippen LogP contribution is -2.05. The number of benzene rings is 2. The van der Waals surface area contributed by atoms with Crippen LogP contribution in [0.5, 0.6) is 11.5 Å². The Labute approximate surface area is 173 Å². The number of hydrogen-bond acceptors (Lipinski definition) is 5. The van der Waals surface area contributed by atoms with Crippen LogP contribution in [0.1, 0.15) is 5.56 Å². The molecule has 3 heterocycles. The summed E-state index contributed by atoms with van der Waals surface area (Å²) in [6.45, 7) is 0.621. The van der Waals surface area contributed by atoms with Crippen molar-refractivity contribution in [1.29, 1.82) is 0 Å². The molecule has 5 aromatic rings. The molecule has 2 aromatic carbocycles. The van der Waals surface area contributed by atoms with Crippen molar-refractivity contribution in [3.8, 4) is 22.8 Å². The third-order valence-corrected chi connectivity index (χ3v) is 4.74. The van der Waals surface area contributed by atoms with E-state index < -0.39 is 0 Å². The van der Waals surface area contributed by atoms with Gasteiger partial charge in [-0.25, -0.2) is 9.97 Å². The number of nitrogens with one attached hydrogen (secondary N) is 1. The Bertz CT molecular complexity index is 1270. The Balaban J connectivity index is 1.50. The van der Waals surface area contributed by atoms with Gasteiger partial charge in [-0.15, -0.1) is 0 Å². The van der Waals surface area contributed by atoms with Gasteiger partial charge >= 0.3 is 0 Å². The smallest absolute Gasteiger partial charge is 0.180 e. The highest BCUT2D eigenvalue weighted by Gasteiger charge is 2.14. The van der Waals surface area contributed by atoms with Crippen LogP contribution in [0.2, 0.25) is 0 Å². The van der Waals surface area contributed by atoms with Gasteiger partial charge in [0.1, 0.15) is 11.5 Å². The monoisotopic (exact) mass is 393 g/mol. The fourth-order valence-corrected chi connectivity index (χ4v) is 3.31. The topological polar surface area (TPSA) is 64.3 Å². The summed E-state index contributed by atoms with van der Waals surface area (Å²) in [6, 6.07) is 21.6. The summed E-state index contributed by atoms with van der Waals surface area (Å²) in [5, 5.41) is 3.36. The van der Waals surface area contributed by atoms with Gasteiger partial charge in [0.05, 0.1) is 11.9 Å². The van der Waals surface area contributed by atoms with E-state index in [9.17, 15) is 0 Å². The maximum absolute atomic E-state index is 6.14. The van der Waals surface area contributed by atoms with Gasteiger partial charge in [-0.1, -0.05) is 36.4 Å². The number of anilines is 1. The Morgan fingerprint density at radius 2 is 1.70 bits per heavy atom. The molecular formula is C24H19N5O. The van der Waals surface area contributed by atoms with Crippen LogP contribution in [0.3, 0.4) is 0 Å². The van der Waals surface area contributed by atoms with Crippen LogP contribution in [-0.4, -0.2) is 19.4 Å². The van der Waals surface area contributed by atoms with Crippen molar-refractivity contribution in [3.63, 3.8) is 0 Å². The fourth-order valence-electron chi connectivity index (χ4n) is 3.31. The lowest BCUT2D eigenvalue weighted by atomic mass is 10.1. The number of pyridine rings is 1. The van der Waals surface area contributed by atoms with Crippen LogP contribution >= 0.6 is 0 Å². The average molecular weight is 393 g/mol. The molecule has 0 bridgehead atoms. The minimum absolute atomic E-state index is 0.621. The summed E-state index contributed by atoms with van der Waals surface area (Å²) in [4.78, 5) is 13.3. The van der Waals surface area contributed by atoms with Gasteiger partial charge in [-0.05, 0) is 35.9 Å². The van der Waals surface area contributed by atoms with Gasteiger partial charge in [0.25, 0.3) is 0 Å². The zero-order chi connectivity index (χ0) is 20.2. The van der Waals surface area contributed by atoms with E-state index in [1.54, 1.807) is 12.4 Å². The van der Waals surface area contributed by atoms with Crippen LogP contribution in [0.15, 0.2) is 97.7 Å². The summed E-state index contributed by atoms with van der Waals surface area (Å²) in [5.74, 6) is 2.26. The molecule has 3 aromatic heterocycles. The van der Waals surface area contributed by atoms with Crippen molar-refractivity contribution in [2.75, 3.05) is 5.32 Å². The molecule has 6 heteroatoms. The summed E-state index contributed by atoms with van der Waals surface area (Å²) < 4.78 is 8.16. The molecule has 30 heavy (non-hydrogen) atoms. The first-order valence-corrected chi connectivity index (χ1v) is 9.65. The second kappa shape index (κ2) is 8.05. The van der Waals surface area contributed by atoms with Crippen LogP contribution in [0.4, 0.5) is 5.82 Å². The van der Waals surface area contributed by atoms with E-state index in [4.69, 9.17) is 4.74 Å². The minimum Gasteiger partial charge on any atom is -0.457 e. The van der Waals surface area contributed by atoms with Crippen molar-refractivity contribution < 1.29 is 4.74 Å². The number of rotatable bonds is 6. The van der Waals surface area contributed by atoms with E-state index >= 15 is 0 Å². The van der Waals surface area contributed by atoms with Gasteiger partial charge in [-0.3, -0.25) is 9.38 Å². The van der Waals surface area contributed by atoms with Crippen LogP contribution in [-0.2, 0) is 6.54 Å². The quantitative estimate of drug-likeness (QED) is 0.430. The standard InChI is InChI=1S/C24H19N5O/c1-2-8-19(9-3-1)30-22-11-5-4-10-20(22)21-17-28-23(24-26-13-14-29(21)24)27-16-18-7-6-12-25-15-18/h1-15,17H,16H2,(H,27,28). The van der Waals surface area contributed by atoms with Gasteiger partial charge < -0.3 is 10.1 Å². The molecule has 0 amide bonds. The molecule has 0 saturated heterocycles. The summed E-state index contributed by atoms with van der Waals surface area (Å²) in [7, 11) is 0. The fraction of sp³-hybridized carbons (Fsp3) is 0.0417.